The third-order valence-electron chi connectivity index (χ3n) is 13.8. The molecule has 0 bridgehead atoms. The highest BCUT2D eigenvalue weighted by Gasteiger charge is 2.80. The molecule has 1 heterocycles. The minimum absolute atomic E-state index is 0.0192. The summed E-state index contributed by atoms with van der Waals surface area (Å²) in [5.41, 5.74) is 1.96. The first-order valence-corrected chi connectivity index (χ1v) is 15.8. The number of carbonyl (C=O) groups is 1. The van der Waals surface area contributed by atoms with Crippen LogP contribution in [0.4, 0.5) is 4.39 Å². The number of halogens is 1. The van der Waals surface area contributed by atoms with Gasteiger partial charge in [0.05, 0.1) is 18.3 Å². The molecule has 2 spiro atoms. The zero-order valence-electron chi connectivity index (χ0n) is 24.4. The fourth-order valence-electron chi connectivity index (χ4n) is 11.8. The first kappa shape index (κ1) is 26.4. The molecule has 10 atom stereocenters. The fourth-order valence-corrected chi connectivity index (χ4v) is 11.8. The number of amides is 1. The van der Waals surface area contributed by atoms with E-state index in [2.05, 4.69) is 20.8 Å². The molecule has 214 valence electrons. The molecule has 7 rings (SSSR count). The number of hydrogen-bond acceptors (Lipinski definition) is 3. The van der Waals surface area contributed by atoms with Crippen LogP contribution in [0.2, 0.25) is 0 Å². The molecule has 0 aromatic heterocycles. The molecule has 6 fully saturated rings. The second kappa shape index (κ2) is 8.77. The van der Waals surface area contributed by atoms with E-state index in [4.69, 9.17) is 4.74 Å². The van der Waals surface area contributed by atoms with Gasteiger partial charge in [-0.1, -0.05) is 39.0 Å². The molecule has 0 radical (unpaired) electrons. The van der Waals surface area contributed by atoms with Crippen LogP contribution >= 0.6 is 0 Å². The van der Waals surface area contributed by atoms with E-state index in [1.165, 1.54) is 57.4 Å². The maximum Gasteiger partial charge on any atom is 0.219 e. The minimum Gasteiger partial charge on any atom is -0.393 e. The van der Waals surface area contributed by atoms with Crippen LogP contribution in [0, 0.1) is 51.1 Å². The van der Waals surface area contributed by atoms with Crippen molar-refractivity contribution < 1.29 is 19.0 Å². The van der Waals surface area contributed by atoms with Gasteiger partial charge in [-0.05, 0) is 116 Å². The molecule has 1 amide bonds. The normalized spacial score (nSPS) is 47.2. The maximum absolute atomic E-state index is 14.3. The van der Waals surface area contributed by atoms with Gasteiger partial charge in [0.2, 0.25) is 5.91 Å². The molecule has 8 unspecified atom stereocenters. The summed E-state index contributed by atoms with van der Waals surface area (Å²) in [4.78, 5) is 14.3. The van der Waals surface area contributed by atoms with Gasteiger partial charge >= 0.3 is 0 Å². The van der Waals surface area contributed by atoms with Crippen molar-refractivity contribution in [2.45, 2.75) is 117 Å². The van der Waals surface area contributed by atoms with Gasteiger partial charge in [-0.25, -0.2) is 4.39 Å². The number of carbonyl (C=O) groups excluding carboxylic acids is 1. The summed E-state index contributed by atoms with van der Waals surface area (Å²) < 4.78 is 21.2. The lowest BCUT2D eigenvalue weighted by atomic mass is 9.46. The summed E-state index contributed by atoms with van der Waals surface area (Å²) in [5, 5.41) is 10.9. The van der Waals surface area contributed by atoms with Crippen LogP contribution in [0.3, 0.4) is 0 Å². The van der Waals surface area contributed by atoms with E-state index >= 15 is 0 Å². The molecule has 1 N–H and O–H groups in total. The third-order valence-corrected chi connectivity index (χ3v) is 13.8. The molecular formula is C34H48FNO3. The Morgan fingerprint density at radius 3 is 2.54 bits per heavy atom. The van der Waals surface area contributed by atoms with E-state index in [-0.39, 0.29) is 35.5 Å². The number of rotatable bonds is 4. The van der Waals surface area contributed by atoms with Gasteiger partial charge in [0.1, 0.15) is 5.82 Å². The number of aliphatic hydroxyl groups excluding tert-OH is 1. The molecule has 5 saturated carbocycles. The maximum atomic E-state index is 14.3. The lowest BCUT2D eigenvalue weighted by Crippen LogP contribution is -2.54. The van der Waals surface area contributed by atoms with E-state index in [9.17, 15) is 14.3 Å². The fraction of sp³-hybridized carbons (Fsp3) is 0.794. The predicted molar refractivity (Wildman–Crippen MR) is 149 cm³/mol. The van der Waals surface area contributed by atoms with Gasteiger partial charge in [0.15, 0.2) is 0 Å². The van der Waals surface area contributed by atoms with Crippen molar-refractivity contribution in [3.63, 3.8) is 0 Å². The van der Waals surface area contributed by atoms with Gasteiger partial charge in [-0.15, -0.1) is 0 Å². The molecule has 6 aliphatic rings. The molecule has 1 aromatic carbocycles. The number of ether oxygens (including phenoxy) is 1. The van der Waals surface area contributed by atoms with Gasteiger partial charge in [0.25, 0.3) is 0 Å². The Bertz CT molecular complexity index is 1150. The summed E-state index contributed by atoms with van der Waals surface area (Å²) in [6.45, 7) is 9.71. The quantitative estimate of drug-likeness (QED) is 0.463. The van der Waals surface area contributed by atoms with Gasteiger partial charge < -0.3 is 14.7 Å². The van der Waals surface area contributed by atoms with Crippen molar-refractivity contribution in [2.24, 2.45) is 45.3 Å². The topological polar surface area (TPSA) is 49.8 Å². The predicted octanol–water partition coefficient (Wildman–Crippen LogP) is 6.74. The molecule has 39 heavy (non-hydrogen) atoms. The first-order chi connectivity index (χ1) is 18.5. The molecule has 5 heteroatoms. The van der Waals surface area contributed by atoms with E-state index in [1.807, 2.05) is 6.07 Å². The third kappa shape index (κ3) is 3.63. The standard InChI is InChI=1S/C34H48FNO3/c1-21(37)36(18-22-7-5-6-8-27(22)35)19-23-9-10-25-28(39-23)17-26-24-11-12-29-31(2,3)30(38)13-14-34(29)20-33(24,34)16-15-32(25,26)4/h5-8,23-26,28-30,38H,9-20H2,1-4H3/t23?,24?,25?,26?,28?,29?,30-,32?,33-,34?/m0/s1. The average molecular weight is 538 g/mol. The van der Waals surface area contributed by atoms with Crippen LogP contribution in [0.25, 0.3) is 0 Å². The van der Waals surface area contributed by atoms with Gasteiger partial charge in [-0.2, -0.15) is 0 Å². The van der Waals surface area contributed by atoms with Crippen LogP contribution < -0.4 is 0 Å². The number of benzene rings is 1. The first-order valence-electron chi connectivity index (χ1n) is 15.8. The van der Waals surface area contributed by atoms with Crippen molar-refractivity contribution in [3.05, 3.63) is 35.6 Å². The van der Waals surface area contributed by atoms with E-state index in [1.54, 1.807) is 24.0 Å². The molecule has 1 aliphatic heterocycles. The van der Waals surface area contributed by atoms with Crippen LogP contribution in [-0.2, 0) is 16.1 Å². The number of nitrogens with zero attached hydrogens (tertiary/aromatic N) is 1. The van der Waals surface area contributed by atoms with Crippen LogP contribution in [0.1, 0.15) is 97.5 Å². The highest BCUT2D eigenvalue weighted by molar-refractivity contribution is 5.73. The molecule has 1 aromatic rings. The summed E-state index contributed by atoms with van der Waals surface area (Å²) >= 11 is 0. The smallest absolute Gasteiger partial charge is 0.219 e. The van der Waals surface area contributed by atoms with Gasteiger partial charge in [-0.3, -0.25) is 4.79 Å². The zero-order chi connectivity index (χ0) is 27.4. The second-order valence-corrected chi connectivity index (χ2v) is 15.4. The van der Waals surface area contributed by atoms with Crippen molar-refractivity contribution in [1.82, 2.24) is 4.90 Å². The van der Waals surface area contributed by atoms with Crippen LogP contribution in [0.5, 0.6) is 0 Å². The Kier molecular flexibility index (Phi) is 5.95. The van der Waals surface area contributed by atoms with E-state index in [0.717, 1.165) is 24.7 Å². The largest absolute Gasteiger partial charge is 0.393 e. The van der Waals surface area contributed by atoms with Crippen molar-refractivity contribution in [3.8, 4) is 0 Å². The minimum atomic E-state index is -0.251. The number of fused-ring (bicyclic) bond motifs is 4. The summed E-state index contributed by atoms with van der Waals surface area (Å²) in [7, 11) is 0. The van der Waals surface area contributed by atoms with E-state index < -0.39 is 0 Å². The summed E-state index contributed by atoms with van der Waals surface area (Å²) in [5.74, 6) is 2.56. The number of hydrogen-bond donors (Lipinski definition) is 1. The molecule has 4 nitrogen and oxygen atoms in total. The highest BCUT2D eigenvalue weighted by Crippen LogP contribution is 2.87. The Hall–Kier alpha value is -1.46. The highest BCUT2D eigenvalue weighted by atomic mass is 19.1. The molecule has 1 saturated heterocycles. The molecular weight excluding hydrogens is 489 g/mol. The van der Waals surface area contributed by atoms with Crippen LogP contribution in [0.15, 0.2) is 24.3 Å². The number of aliphatic hydroxyl groups is 1. The van der Waals surface area contributed by atoms with Crippen molar-refractivity contribution in [1.29, 1.82) is 0 Å². The molecule has 5 aliphatic carbocycles. The van der Waals surface area contributed by atoms with Gasteiger partial charge in [0, 0.05) is 25.6 Å². The second-order valence-electron chi connectivity index (χ2n) is 15.4. The Morgan fingerprint density at radius 1 is 1.00 bits per heavy atom. The Labute approximate surface area is 234 Å². The van der Waals surface area contributed by atoms with Crippen molar-refractivity contribution >= 4 is 5.91 Å². The Balaban J connectivity index is 1.07. The Morgan fingerprint density at radius 2 is 1.77 bits per heavy atom. The van der Waals surface area contributed by atoms with Crippen molar-refractivity contribution in [2.75, 3.05) is 6.54 Å². The summed E-state index contributed by atoms with van der Waals surface area (Å²) in [6, 6.07) is 6.77. The monoisotopic (exact) mass is 537 g/mol. The van der Waals surface area contributed by atoms with Crippen LogP contribution in [-0.4, -0.2) is 40.8 Å². The summed E-state index contributed by atoms with van der Waals surface area (Å²) in [6.07, 6.45) is 12.4. The lowest BCUT2D eigenvalue weighted by Gasteiger charge is -2.59. The van der Waals surface area contributed by atoms with E-state index in [0.29, 0.717) is 46.7 Å². The lowest BCUT2D eigenvalue weighted by molar-refractivity contribution is -0.140. The average Bonchev–Trinajstić information content (AvgIpc) is 3.47. The zero-order valence-corrected chi connectivity index (χ0v) is 24.4. The SMILES string of the molecule is CC(=O)N(Cc1ccccc1F)CC1CCC2C(CC3C4CCC5C(C)(C)[C@@H](O)CCC56C[C@@]46CCC23C)O1.